The zero-order valence-electron chi connectivity index (χ0n) is 17.1. The van der Waals surface area contributed by atoms with Crippen LogP contribution in [-0.4, -0.2) is 55.4 Å². The van der Waals surface area contributed by atoms with Gasteiger partial charge in [-0.15, -0.1) is 0 Å². The molecule has 2 aromatic heterocycles. The summed E-state index contributed by atoms with van der Waals surface area (Å²) >= 11 is 0. The van der Waals surface area contributed by atoms with Gasteiger partial charge in [0.05, 0.1) is 24.1 Å². The van der Waals surface area contributed by atoms with Gasteiger partial charge in [0.25, 0.3) is 5.56 Å². The number of benzene rings is 1. The highest BCUT2D eigenvalue weighted by Crippen LogP contribution is 2.17. The zero-order chi connectivity index (χ0) is 20.7. The van der Waals surface area contributed by atoms with E-state index < -0.39 is 0 Å². The predicted octanol–water partition coefficient (Wildman–Crippen LogP) is 1.83. The highest BCUT2D eigenvalue weighted by Gasteiger charge is 2.26. The quantitative estimate of drug-likeness (QED) is 0.676. The number of morpholine rings is 1. The van der Waals surface area contributed by atoms with Gasteiger partial charge in [0.2, 0.25) is 5.91 Å². The molecule has 4 rings (SSSR count). The summed E-state index contributed by atoms with van der Waals surface area (Å²) in [6.07, 6.45) is 2.91. The van der Waals surface area contributed by atoms with Gasteiger partial charge >= 0.3 is 0 Å². The van der Waals surface area contributed by atoms with Crippen molar-refractivity contribution in [2.24, 2.45) is 0 Å². The van der Waals surface area contributed by atoms with Crippen LogP contribution in [0.4, 0.5) is 0 Å². The van der Waals surface area contributed by atoms with E-state index in [1.54, 1.807) is 9.58 Å². The van der Waals surface area contributed by atoms with Gasteiger partial charge < -0.3 is 9.64 Å². The maximum absolute atomic E-state index is 12.9. The van der Waals surface area contributed by atoms with Crippen molar-refractivity contribution < 1.29 is 9.53 Å². The zero-order valence-corrected chi connectivity index (χ0v) is 17.1. The number of hydrogen-bond donors (Lipinski definition) is 0. The maximum Gasteiger partial charge on any atom is 0.264 e. The van der Waals surface area contributed by atoms with Crippen molar-refractivity contribution in [2.75, 3.05) is 13.1 Å². The third kappa shape index (κ3) is 3.80. The Kier molecular flexibility index (Phi) is 4.96. The number of carbonyl (C=O) groups excluding carboxylic acids is 1. The fraction of sp³-hybridized carbons (Fsp3) is 0.429. The van der Waals surface area contributed by atoms with Crippen LogP contribution in [0.5, 0.6) is 0 Å². The van der Waals surface area contributed by atoms with E-state index in [9.17, 15) is 9.59 Å². The van der Waals surface area contributed by atoms with Crippen molar-refractivity contribution in [2.45, 2.75) is 46.4 Å². The van der Waals surface area contributed by atoms with Gasteiger partial charge in [-0.05, 0) is 51.0 Å². The molecule has 1 fully saturated rings. The number of aromatic nitrogens is 4. The van der Waals surface area contributed by atoms with Gasteiger partial charge in [-0.1, -0.05) is 6.07 Å². The van der Waals surface area contributed by atoms with E-state index >= 15 is 0 Å². The van der Waals surface area contributed by atoms with Crippen LogP contribution in [0.2, 0.25) is 0 Å². The molecule has 2 atom stereocenters. The summed E-state index contributed by atoms with van der Waals surface area (Å²) in [4.78, 5) is 31.8. The molecule has 152 valence electrons. The Morgan fingerprint density at radius 1 is 1.14 bits per heavy atom. The van der Waals surface area contributed by atoms with Crippen LogP contribution in [0.1, 0.15) is 25.0 Å². The third-order valence-electron chi connectivity index (χ3n) is 5.08. The standard InChI is InChI=1S/C21H25N5O3/c1-13-5-14(2)7-17(6-13)26-20-18(8-23-26)21(28)25(12-22-20)11-19(27)24-9-15(3)29-16(4)10-24/h5-8,12,15-16H,9-11H2,1-4H3. The summed E-state index contributed by atoms with van der Waals surface area (Å²) in [6, 6.07) is 6.07. The van der Waals surface area contributed by atoms with Gasteiger partial charge in [0.1, 0.15) is 18.3 Å². The fourth-order valence-corrected chi connectivity index (χ4v) is 3.95. The molecule has 1 saturated heterocycles. The number of amides is 1. The molecule has 1 aromatic carbocycles. The number of rotatable bonds is 3. The van der Waals surface area contributed by atoms with Crippen molar-refractivity contribution in [1.82, 2.24) is 24.2 Å². The van der Waals surface area contributed by atoms with Crippen LogP contribution < -0.4 is 5.56 Å². The molecule has 0 bridgehead atoms. The molecule has 8 heteroatoms. The largest absolute Gasteiger partial charge is 0.372 e. The molecular formula is C21H25N5O3. The minimum Gasteiger partial charge on any atom is -0.372 e. The lowest BCUT2D eigenvalue weighted by Crippen LogP contribution is -2.49. The minimum absolute atomic E-state index is 0.0176. The van der Waals surface area contributed by atoms with Crippen LogP contribution >= 0.6 is 0 Å². The van der Waals surface area contributed by atoms with E-state index in [1.807, 2.05) is 39.8 Å². The summed E-state index contributed by atoms with van der Waals surface area (Å²) in [6.45, 7) is 8.92. The maximum atomic E-state index is 12.9. The van der Waals surface area contributed by atoms with Crippen LogP contribution in [0, 0.1) is 13.8 Å². The lowest BCUT2D eigenvalue weighted by Gasteiger charge is -2.35. The molecule has 8 nitrogen and oxygen atoms in total. The van der Waals surface area contributed by atoms with Crippen LogP contribution in [-0.2, 0) is 16.1 Å². The van der Waals surface area contributed by atoms with E-state index in [1.165, 1.54) is 17.1 Å². The number of nitrogens with zero attached hydrogens (tertiary/aromatic N) is 5. The van der Waals surface area contributed by atoms with Gasteiger partial charge in [-0.25, -0.2) is 9.67 Å². The summed E-state index contributed by atoms with van der Waals surface area (Å²) < 4.78 is 8.68. The summed E-state index contributed by atoms with van der Waals surface area (Å²) in [5, 5.41) is 4.76. The second kappa shape index (κ2) is 7.44. The average Bonchev–Trinajstić information content (AvgIpc) is 3.07. The van der Waals surface area contributed by atoms with Gasteiger partial charge in [0.15, 0.2) is 5.65 Å². The molecule has 0 N–H and O–H groups in total. The molecule has 3 aromatic rings. The SMILES string of the molecule is Cc1cc(C)cc(-n2ncc3c(=O)n(CC(=O)N4CC(C)OC(C)C4)cnc32)c1. The van der Waals surface area contributed by atoms with Gasteiger partial charge in [-0.3, -0.25) is 14.2 Å². The lowest BCUT2D eigenvalue weighted by atomic mass is 10.1. The van der Waals surface area contributed by atoms with Crippen LogP contribution in [0.3, 0.4) is 0 Å². The molecule has 1 aliphatic rings. The third-order valence-corrected chi connectivity index (χ3v) is 5.08. The Hall–Kier alpha value is -3.00. The lowest BCUT2D eigenvalue weighted by molar-refractivity contribution is -0.143. The van der Waals surface area contributed by atoms with Gasteiger partial charge in [0, 0.05) is 13.1 Å². The number of carbonyl (C=O) groups is 1. The molecule has 0 radical (unpaired) electrons. The normalized spacial score (nSPS) is 19.7. The first-order valence-corrected chi connectivity index (χ1v) is 9.77. The van der Waals surface area contributed by atoms with Crippen molar-refractivity contribution in [3.63, 3.8) is 0 Å². The average molecular weight is 395 g/mol. The van der Waals surface area contributed by atoms with E-state index in [4.69, 9.17) is 4.74 Å². The molecule has 1 aliphatic heterocycles. The minimum atomic E-state index is -0.270. The monoisotopic (exact) mass is 395 g/mol. The van der Waals surface area contributed by atoms with Crippen molar-refractivity contribution in [3.05, 3.63) is 52.2 Å². The van der Waals surface area contributed by atoms with Crippen LogP contribution in [0.15, 0.2) is 35.5 Å². The smallest absolute Gasteiger partial charge is 0.264 e. The number of fused-ring (bicyclic) bond motifs is 1. The Balaban J connectivity index is 1.64. The highest BCUT2D eigenvalue weighted by atomic mass is 16.5. The van der Waals surface area contributed by atoms with Crippen molar-refractivity contribution in [1.29, 1.82) is 0 Å². The topological polar surface area (TPSA) is 82.2 Å². The number of hydrogen-bond acceptors (Lipinski definition) is 5. The molecule has 0 spiro atoms. The van der Waals surface area contributed by atoms with E-state index in [0.717, 1.165) is 16.8 Å². The Bertz CT molecular complexity index is 1100. The highest BCUT2D eigenvalue weighted by molar-refractivity contribution is 5.78. The predicted molar refractivity (Wildman–Crippen MR) is 109 cm³/mol. The summed E-state index contributed by atoms with van der Waals surface area (Å²) in [5.74, 6) is -0.114. The van der Waals surface area contributed by atoms with Gasteiger partial charge in [-0.2, -0.15) is 5.10 Å². The number of ether oxygens (including phenoxy) is 1. The van der Waals surface area contributed by atoms with E-state index in [0.29, 0.717) is 24.1 Å². The van der Waals surface area contributed by atoms with Crippen molar-refractivity contribution >= 4 is 16.9 Å². The number of aryl methyl sites for hydroxylation is 2. The molecule has 0 saturated carbocycles. The fourth-order valence-electron chi connectivity index (χ4n) is 3.95. The first-order chi connectivity index (χ1) is 13.8. The molecule has 1 amide bonds. The Morgan fingerprint density at radius 3 is 2.45 bits per heavy atom. The molecular weight excluding hydrogens is 370 g/mol. The molecule has 2 unspecified atom stereocenters. The Labute approximate surface area is 168 Å². The second-order valence-corrected chi connectivity index (χ2v) is 7.87. The Morgan fingerprint density at radius 2 is 1.79 bits per heavy atom. The first kappa shape index (κ1) is 19.3. The van der Waals surface area contributed by atoms with Crippen LogP contribution in [0.25, 0.3) is 16.7 Å². The summed E-state index contributed by atoms with van der Waals surface area (Å²) in [5.41, 5.74) is 3.29. The molecule has 0 aliphatic carbocycles. The molecule has 3 heterocycles. The van der Waals surface area contributed by atoms with E-state index in [-0.39, 0.29) is 30.2 Å². The van der Waals surface area contributed by atoms with Crippen molar-refractivity contribution in [3.8, 4) is 5.69 Å². The molecule has 29 heavy (non-hydrogen) atoms. The second-order valence-electron chi connectivity index (χ2n) is 7.87. The van der Waals surface area contributed by atoms with E-state index in [2.05, 4.69) is 16.1 Å². The first-order valence-electron chi connectivity index (χ1n) is 9.77. The summed E-state index contributed by atoms with van der Waals surface area (Å²) in [7, 11) is 0.